The van der Waals surface area contributed by atoms with Gasteiger partial charge in [-0.05, 0) is 48.9 Å². The molecule has 6 heteroatoms. The first kappa shape index (κ1) is 15.5. The van der Waals surface area contributed by atoms with E-state index in [1.54, 1.807) is 12.1 Å². The van der Waals surface area contributed by atoms with E-state index in [1.165, 1.54) is 0 Å². The molecule has 0 aliphatic rings. The van der Waals surface area contributed by atoms with E-state index in [-0.39, 0.29) is 12.6 Å². The first-order valence-corrected chi connectivity index (χ1v) is 7.59. The molecule has 118 valence electrons. The fraction of sp³-hybridized carbons (Fsp3) is 0.176. The molecule has 5 nitrogen and oxygen atoms in total. The molecular weight excluding hydrogens is 314 g/mol. The number of rotatable bonds is 5. The van der Waals surface area contributed by atoms with Crippen molar-refractivity contribution in [3.63, 3.8) is 0 Å². The molecule has 0 saturated carbocycles. The van der Waals surface area contributed by atoms with Crippen LogP contribution < -0.4 is 5.32 Å². The summed E-state index contributed by atoms with van der Waals surface area (Å²) in [5, 5.41) is 17.1. The molecule has 0 bridgehead atoms. The molecule has 0 amide bonds. The summed E-state index contributed by atoms with van der Waals surface area (Å²) in [4.78, 5) is 4.42. The summed E-state index contributed by atoms with van der Waals surface area (Å²) in [6.45, 7) is 1.94. The lowest BCUT2D eigenvalue weighted by atomic mass is 10.2. The van der Waals surface area contributed by atoms with Crippen LogP contribution in [0, 0.1) is 0 Å². The van der Waals surface area contributed by atoms with Gasteiger partial charge in [0.2, 0.25) is 11.7 Å². The minimum absolute atomic E-state index is 0.00513. The normalized spacial score (nSPS) is 12.1. The van der Waals surface area contributed by atoms with E-state index < -0.39 is 0 Å². The third kappa shape index (κ3) is 3.70. The number of benzene rings is 2. The Hall–Kier alpha value is -2.37. The topological polar surface area (TPSA) is 71.2 Å². The van der Waals surface area contributed by atoms with Crippen LogP contribution in [0.4, 0.5) is 5.69 Å². The Morgan fingerprint density at radius 1 is 1.22 bits per heavy atom. The molecule has 1 unspecified atom stereocenters. The van der Waals surface area contributed by atoms with Crippen LogP contribution >= 0.6 is 11.6 Å². The van der Waals surface area contributed by atoms with Crippen molar-refractivity contribution in [3.05, 3.63) is 65.0 Å². The Morgan fingerprint density at radius 3 is 2.74 bits per heavy atom. The molecule has 0 aliphatic heterocycles. The Labute approximate surface area is 138 Å². The van der Waals surface area contributed by atoms with Crippen LogP contribution in [0.2, 0.25) is 5.02 Å². The van der Waals surface area contributed by atoms with Gasteiger partial charge in [-0.1, -0.05) is 28.9 Å². The molecule has 0 spiro atoms. The third-order valence-electron chi connectivity index (χ3n) is 3.41. The minimum atomic E-state index is -0.155. The molecule has 3 aromatic rings. The summed E-state index contributed by atoms with van der Waals surface area (Å²) in [5.41, 5.74) is 2.57. The lowest BCUT2D eigenvalue weighted by Gasteiger charge is -2.11. The summed E-state index contributed by atoms with van der Waals surface area (Å²) in [5.74, 6) is 1.01. The van der Waals surface area contributed by atoms with Crippen LogP contribution in [0.1, 0.15) is 24.4 Å². The lowest BCUT2D eigenvalue weighted by Crippen LogP contribution is -2.07. The number of aliphatic hydroxyl groups is 1. The SMILES string of the molecule is CC(Nc1cccc(CO)c1)c1nc(-c2ccc(Cl)cc2)no1. The molecule has 1 aromatic heterocycles. The van der Waals surface area contributed by atoms with Crippen LogP contribution in [0.15, 0.2) is 53.1 Å². The summed E-state index contributed by atoms with van der Waals surface area (Å²) >= 11 is 5.88. The first-order chi connectivity index (χ1) is 11.2. The maximum absolute atomic E-state index is 9.18. The van der Waals surface area contributed by atoms with Crippen LogP contribution in [-0.4, -0.2) is 15.2 Å². The lowest BCUT2D eigenvalue weighted by molar-refractivity contribution is 0.282. The van der Waals surface area contributed by atoms with Crippen LogP contribution in [-0.2, 0) is 6.61 Å². The molecule has 0 saturated heterocycles. The van der Waals surface area contributed by atoms with E-state index in [9.17, 15) is 5.11 Å². The number of aromatic nitrogens is 2. The maximum Gasteiger partial charge on any atom is 0.249 e. The summed E-state index contributed by atoms with van der Waals surface area (Å²) in [6, 6.07) is 14.7. The summed E-state index contributed by atoms with van der Waals surface area (Å²) < 4.78 is 5.33. The zero-order valence-corrected chi connectivity index (χ0v) is 13.3. The molecule has 3 rings (SSSR count). The Balaban J connectivity index is 1.75. The Bertz CT molecular complexity index is 787. The van der Waals surface area contributed by atoms with Crippen LogP contribution in [0.5, 0.6) is 0 Å². The quantitative estimate of drug-likeness (QED) is 0.738. The monoisotopic (exact) mass is 329 g/mol. The van der Waals surface area contributed by atoms with Gasteiger partial charge in [-0.3, -0.25) is 0 Å². The number of hydrogen-bond donors (Lipinski definition) is 2. The van der Waals surface area contributed by atoms with Gasteiger partial charge in [-0.15, -0.1) is 0 Å². The summed E-state index contributed by atoms with van der Waals surface area (Å²) in [7, 11) is 0. The van der Waals surface area contributed by atoms with Gasteiger partial charge in [0, 0.05) is 16.3 Å². The fourth-order valence-electron chi connectivity index (χ4n) is 2.20. The second kappa shape index (κ2) is 6.81. The predicted molar refractivity (Wildman–Crippen MR) is 89.1 cm³/mol. The van der Waals surface area contributed by atoms with Crippen LogP contribution in [0.25, 0.3) is 11.4 Å². The highest BCUT2D eigenvalue weighted by atomic mass is 35.5. The largest absolute Gasteiger partial charge is 0.392 e. The van der Waals surface area contributed by atoms with E-state index in [0.29, 0.717) is 16.7 Å². The van der Waals surface area contributed by atoms with E-state index in [0.717, 1.165) is 16.8 Å². The zero-order valence-electron chi connectivity index (χ0n) is 12.5. The summed E-state index contributed by atoms with van der Waals surface area (Å²) in [6.07, 6.45) is 0. The van der Waals surface area contributed by atoms with Crippen molar-refractivity contribution in [2.24, 2.45) is 0 Å². The van der Waals surface area contributed by atoms with Gasteiger partial charge in [-0.25, -0.2) is 0 Å². The molecule has 2 N–H and O–H groups in total. The van der Waals surface area contributed by atoms with Crippen molar-refractivity contribution in [1.82, 2.24) is 10.1 Å². The standard InChI is InChI=1S/C17H16ClN3O2/c1-11(19-15-4-2-3-12(9-15)10-22)17-20-16(21-23-17)13-5-7-14(18)8-6-13/h2-9,11,19,22H,10H2,1H3. The maximum atomic E-state index is 9.18. The van der Waals surface area contributed by atoms with Crippen molar-refractivity contribution in [3.8, 4) is 11.4 Å². The third-order valence-corrected chi connectivity index (χ3v) is 3.66. The predicted octanol–water partition coefficient (Wildman–Crippen LogP) is 4.06. The smallest absolute Gasteiger partial charge is 0.249 e. The number of anilines is 1. The number of nitrogens with zero attached hydrogens (tertiary/aromatic N) is 2. The van der Waals surface area contributed by atoms with Crippen molar-refractivity contribution in [2.45, 2.75) is 19.6 Å². The van der Waals surface area contributed by atoms with Crippen LogP contribution in [0.3, 0.4) is 0 Å². The highest BCUT2D eigenvalue weighted by Gasteiger charge is 2.15. The molecule has 23 heavy (non-hydrogen) atoms. The molecule has 2 aromatic carbocycles. The van der Waals surface area contributed by atoms with E-state index in [1.807, 2.05) is 43.3 Å². The molecule has 1 atom stereocenters. The van der Waals surface area contributed by atoms with Crippen molar-refractivity contribution in [1.29, 1.82) is 0 Å². The van der Waals surface area contributed by atoms with Gasteiger partial charge in [0.25, 0.3) is 0 Å². The van der Waals surface area contributed by atoms with Gasteiger partial charge in [0.05, 0.1) is 6.61 Å². The molecule has 0 radical (unpaired) electrons. The zero-order chi connectivity index (χ0) is 16.2. The van der Waals surface area contributed by atoms with Gasteiger partial charge in [-0.2, -0.15) is 4.98 Å². The Morgan fingerprint density at radius 2 is 2.00 bits per heavy atom. The van der Waals surface area contributed by atoms with Crippen molar-refractivity contribution >= 4 is 17.3 Å². The first-order valence-electron chi connectivity index (χ1n) is 7.21. The van der Waals surface area contributed by atoms with Crippen molar-refractivity contribution in [2.75, 3.05) is 5.32 Å². The second-order valence-electron chi connectivity index (χ2n) is 5.19. The molecule has 0 fully saturated rings. The highest BCUT2D eigenvalue weighted by Crippen LogP contribution is 2.23. The fourth-order valence-corrected chi connectivity index (χ4v) is 2.32. The number of hydrogen-bond acceptors (Lipinski definition) is 5. The Kier molecular flexibility index (Phi) is 4.60. The molecule has 0 aliphatic carbocycles. The van der Waals surface area contributed by atoms with E-state index >= 15 is 0 Å². The minimum Gasteiger partial charge on any atom is -0.392 e. The average Bonchev–Trinajstić information content (AvgIpc) is 3.06. The number of aliphatic hydroxyl groups excluding tert-OH is 1. The molecule has 1 heterocycles. The average molecular weight is 330 g/mol. The molecular formula is C17H16ClN3O2. The number of halogens is 1. The van der Waals surface area contributed by atoms with Gasteiger partial charge in [0.1, 0.15) is 6.04 Å². The highest BCUT2D eigenvalue weighted by molar-refractivity contribution is 6.30. The number of nitrogens with one attached hydrogen (secondary N) is 1. The van der Waals surface area contributed by atoms with Gasteiger partial charge in [0.15, 0.2) is 0 Å². The van der Waals surface area contributed by atoms with Crippen molar-refractivity contribution < 1.29 is 9.63 Å². The van der Waals surface area contributed by atoms with Gasteiger partial charge >= 0.3 is 0 Å². The van der Waals surface area contributed by atoms with E-state index in [2.05, 4.69) is 15.5 Å². The van der Waals surface area contributed by atoms with E-state index in [4.69, 9.17) is 16.1 Å². The van der Waals surface area contributed by atoms with Gasteiger partial charge < -0.3 is 14.9 Å². The second-order valence-corrected chi connectivity index (χ2v) is 5.62.